The van der Waals surface area contributed by atoms with Gasteiger partial charge in [-0.15, -0.1) is 0 Å². The van der Waals surface area contributed by atoms with Gasteiger partial charge < -0.3 is 4.74 Å². The van der Waals surface area contributed by atoms with E-state index in [4.69, 9.17) is 4.74 Å². The average molecular weight is 354 g/mol. The van der Waals surface area contributed by atoms with E-state index in [1.165, 1.54) is 30.3 Å². The SMILES string of the molecule is C=CCOc1ccc(/C=C/C(=O)NNC(=O)Cc2ccc(F)cc2)cc1. The van der Waals surface area contributed by atoms with Crippen molar-refractivity contribution in [2.24, 2.45) is 0 Å². The lowest BCUT2D eigenvalue weighted by atomic mass is 10.1. The van der Waals surface area contributed by atoms with Gasteiger partial charge in [0.2, 0.25) is 5.91 Å². The van der Waals surface area contributed by atoms with Gasteiger partial charge in [-0.1, -0.05) is 36.9 Å². The highest BCUT2D eigenvalue weighted by Crippen LogP contribution is 2.13. The molecule has 0 heterocycles. The van der Waals surface area contributed by atoms with E-state index in [-0.39, 0.29) is 12.2 Å². The number of hydrogen-bond donors (Lipinski definition) is 2. The van der Waals surface area contributed by atoms with Crippen LogP contribution in [0, 0.1) is 5.82 Å². The monoisotopic (exact) mass is 354 g/mol. The first-order valence-electron chi connectivity index (χ1n) is 7.92. The minimum Gasteiger partial charge on any atom is -0.490 e. The molecule has 5 nitrogen and oxygen atoms in total. The maximum atomic E-state index is 12.8. The van der Waals surface area contributed by atoms with E-state index >= 15 is 0 Å². The fraction of sp³-hybridized carbons (Fsp3) is 0.100. The summed E-state index contributed by atoms with van der Waals surface area (Å²) in [6, 6.07) is 12.7. The maximum absolute atomic E-state index is 12.8. The predicted octanol–water partition coefficient (Wildman–Crippen LogP) is 2.79. The molecule has 2 aromatic carbocycles. The highest BCUT2D eigenvalue weighted by atomic mass is 19.1. The normalized spacial score (nSPS) is 10.3. The fourth-order valence-electron chi connectivity index (χ4n) is 2.01. The second kappa shape index (κ2) is 9.78. The number of carbonyl (C=O) groups is 2. The molecule has 26 heavy (non-hydrogen) atoms. The zero-order valence-corrected chi connectivity index (χ0v) is 14.1. The molecule has 0 atom stereocenters. The Morgan fingerprint density at radius 1 is 1.04 bits per heavy atom. The number of ether oxygens (including phenoxy) is 1. The first kappa shape index (κ1) is 18.9. The van der Waals surface area contributed by atoms with Crippen LogP contribution in [-0.4, -0.2) is 18.4 Å². The molecule has 0 aromatic heterocycles. The van der Waals surface area contributed by atoms with Crippen molar-refractivity contribution < 1.29 is 18.7 Å². The van der Waals surface area contributed by atoms with Crippen LogP contribution in [0.5, 0.6) is 5.75 Å². The lowest BCUT2D eigenvalue weighted by Gasteiger charge is -2.05. The Balaban J connectivity index is 1.76. The zero-order valence-electron chi connectivity index (χ0n) is 14.1. The largest absolute Gasteiger partial charge is 0.490 e. The van der Waals surface area contributed by atoms with Gasteiger partial charge in [0.25, 0.3) is 5.91 Å². The van der Waals surface area contributed by atoms with Gasteiger partial charge in [0.05, 0.1) is 6.42 Å². The summed E-state index contributed by atoms with van der Waals surface area (Å²) >= 11 is 0. The number of rotatable bonds is 7. The third-order valence-corrected chi connectivity index (χ3v) is 3.28. The summed E-state index contributed by atoms with van der Waals surface area (Å²) in [5.41, 5.74) is 6.04. The Morgan fingerprint density at radius 2 is 1.73 bits per heavy atom. The molecule has 0 saturated heterocycles. The second-order valence-electron chi connectivity index (χ2n) is 5.34. The first-order chi connectivity index (χ1) is 12.6. The second-order valence-corrected chi connectivity index (χ2v) is 5.34. The van der Waals surface area contributed by atoms with Crippen LogP contribution in [0.15, 0.2) is 67.3 Å². The van der Waals surface area contributed by atoms with E-state index in [1.807, 2.05) is 0 Å². The van der Waals surface area contributed by atoms with Crippen LogP contribution in [0.4, 0.5) is 4.39 Å². The molecule has 0 unspecified atom stereocenters. The molecule has 2 N–H and O–H groups in total. The number of amides is 2. The molecule has 6 heteroatoms. The summed E-state index contributed by atoms with van der Waals surface area (Å²) in [5.74, 6) is -0.529. The average Bonchev–Trinajstić information content (AvgIpc) is 2.65. The number of hydrazine groups is 1. The van der Waals surface area contributed by atoms with Crippen LogP contribution in [0.2, 0.25) is 0 Å². The molecule has 0 aliphatic carbocycles. The molecule has 2 aromatic rings. The number of carbonyl (C=O) groups excluding carboxylic acids is 2. The molecule has 0 spiro atoms. The van der Waals surface area contributed by atoms with Gasteiger partial charge in [0.1, 0.15) is 18.2 Å². The third kappa shape index (κ3) is 6.60. The summed E-state index contributed by atoms with van der Waals surface area (Å²) in [5, 5.41) is 0. The van der Waals surface area contributed by atoms with Crippen LogP contribution in [0.3, 0.4) is 0 Å². The van der Waals surface area contributed by atoms with Crippen molar-refractivity contribution in [1.82, 2.24) is 10.9 Å². The molecule has 0 bridgehead atoms. The Morgan fingerprint density at radius 3 is 2.38 bits per heavy atom. The molecule has 0 fully saturated rings. The third-order valence-electron chi connectivity index (χ3n) is 3.28. The summed E-state index contributed by atoms with van der Waals surface area (Å²) in [7, 11) is 0. The van der Waals surface area contributed by atoms with Crippen LogP contribution in [0.1, 0.15) is 11.1 Å². The molecule has 2 rings (SSSR count). The summed E-state index contributed by atoms with van der Waals surface area (Å²) < 4.78 is 18.2. The Kier molecular flexibility index (Phi) is 7.12. The molecular weight excluding hydrogens is 335 g/mol. The van der Waals surface area contributed by atoms with Gasteiger partial charge in [-0.05, 0) is 41.5 Å². The summed E-state index contributed by atoms with van der Waals surface area (Å²) in [6.07, 6.45) is 4.61. The van der Waals surface area contributed by atoms with Gasteiger partial charge in [-0.3, -0.25) is 20.4 Å². The van der Waals surface area contributed by atoms with E-state index in [9.17, 15) is 14.0 Å². The molecule has 0 aliphatic heterocycles. The van der Waals surface area contributed by atoms with Gasteiger partial charge in [-0.2, -0.15) is 0 Å². The van der Waals surface area contributed by atoms with E-state index in [2.05, 4.69) is 17.4 Å². The van der Waals surface area contributed by atoms with Crippen molar-refractivity contribution in [2.45, 2.75) is 6.42 Å². The van der Waals surface area contributed by atoms with Crippen molar-refractivity contribution >= 4 is 17.9 Å². The van der Waals surface area contributed by atoms with Gasteiger partial charge >= 0.3 is 0 Å². The number of benzene rings is 2. The molecule has 0 radical (unpaired) electrons. The molecule has 134 valence electrons. The van der Waals surface area contributed by atoms with Crippen molar-refractivity contribution in [3.05, 3.63) is 84.2 Å². The number of hydrogen-bond acceptors (Lipinski definition) is 3. The summed E-state index contributed by atoms with van der Waals surface area (Å²) in [4.78, 5) is 23.5. The number of nitrogens with one attached hydrogen (secondary N) is 2. The predicted molar refractivity (Wildman–Crippen MR) is 97.6 cm³/mol. The Labute approximate surface area is 151 Å². The first-order valence-corrected chi connectivity index (χ1v) is 7.92. The van der Waals surface area contributed by atoms with Gasteiger partial charge in [0, 0.05) is 6.08 Å². The molecule has 0 saturated carbocycles. The molecule has 2 amide bonds. The quantitative estimate of drug-likeness (QED) is 0.456. The lowest BCUT2D eigenvalue weighted by Crippen LogP contribution is -2.41. The minimum atomic E-state index is -0.468. The topological polar surface area (TPSA) is 67.4 Å². The summed E-state index contributed by atoms with van der Waals surface area (Å²) in [6.45, 7) is 4.00. The highest BCUT2D eigenvalue weighted by Gasteiger charge is 2.04. The van der Waals surface area contributed by atoms with Gasteiger partial charge in [0.15, 0.2) is 0 Å². The molecule has 0 aliphatic rings. The fourth-order valence-corrected chi connectivity index (χ4v) is 2.01. The van der Waals surface area contributed by atoms with Crippen molar-refractivity contribution in [3.8, 4) is 5.75 Å². The maximum Gasteiger partial charge on any atom is 0.262 e. The number of halogens is 1. The smallest absolute Gasteiger partial charge is 0.262 e. The zero-order chi connectivity index (χ0) is 18.8. The highest BCUT2D eigenvalue weighted by molar-refractivity contribution is 5.93. The van der Waals surface area contributed by atoms with Gasteiger partial charge in [-0.25, -0.2) is 4.39 Å². The Bertz CT molecular complexity index is 784. The molecular formula is C20H19FN2O3. The van der Waals surface area contributed by atoms with Crippen molar-refractivity contribution in [1.29, 1.82) is 0 Å². The van der Waals surface area contributed by atoms with Crippen molar-refractivity contribution in [3.63, 3.8) is 0 Å². The van der Waals surface area contributed by atoms with Crippen LogP contribution >= 0.6 is 0 Å². The van der Waals surface area contributed by atoms with Crippen LogP contribution in [-0.2, 0) is 16.0 Å². The lowest BCUT2D eigenvalue weighted by molar-refractivity contribution is -0.126. The minimum absolute atomic E-state index is 0.0381. The van der Waals surface area contributed by atoms with E-state index in [0.29, 0.717) is 17.9 Å². The van der Waals surface area contributed by atoms with Crippen molar-refractivity contribution in [2.75, 3.05) is 6.61 Å². The van der Waals surface area contributed by atoms with Crippen LogP contribution < -0.4 is 15.6 Å². The van der Waals surface area contributed by atoms with E-state index in [1.54, 1.807) is 36.4 Å². The standard InChI is InChI=1S/C20H19FN2O3/c1-2-13-26-18-10-5-15(6-11-18)7-12-19(24)22-23-20(25)14-16-3-8-17(21)9-4-16/h2-12H,1,13-14H2,(H,22,24)(H,23,25)/b12-7+. The van der Waals surface area contributed by atoms with E-state index in [0.717, 1.165) is 5.56 Å². The Hall–Kier alpha value is -3.41. The van der Waals surface area contributed by atoms with Crippen LogP contribution in [0.25, 0.3) is 6.08 Å². The van der Waals surface area contributed by atoms with E-state index < -0.39 is 11.8 Å².